The van der Waals surface area contributed by atoms with Crippen LogP contribution in [0.3, 0.4) is 0 Å². The van der Waals surface area contributed by atoms with Crippen LogP contribution in [0.4, 0.5) is 0 Å². The second kappa shape index (κ2) is 4.18. The Morgan fingerprint density at radius 2 is 2.33 bits per heavy atom. The number of hydrogen-bond acceptors (Lipinski definition) is 1. The van der Waals surface area contributed by atoms with E-state index in [2.05, 4.69) is 32.1 Å². The Morgan fingerprint density at radius 1 is 1.58 bits per heavy atom. The van der Waals surface area contributed by atoms with Crippen LogP contribution >= 0.6 is 12.6 Å². The lowest BCUT2D eigenvalue weighted by molar-refractivity contribution is 0.628. The lowest BCUT2D eigenvalue weighted by Crippen LogP contribution is -2.20. The summed E-state index contributed by atoms with van der Waals surface area (Å²) in [7, 11) is 0. The Bertz CT molecular complexity index is 199. The third kappa shape index (κ3) is 2.41. The highest BCUT2D eigenvalue weighted by Gasteiger charge is 2.22. The fraction of sp³-hybridized carbons (Fsp3) is 0.636. The molecule has 1 aliphatic rings. The van der Waals surface area contributed by atoms with Crippen molar-refractivity contribution >= 4 is 12.6 Å². The van der Waals surface area contributed by atoms with E-state index in [1.807, 2.05) is 0 Å². The van der Waals surface area contributed by atoms with Crippen molar-refractivity contribution in [2.24, 2.45) is 0 Å². The van der Waals surface area contributed by atoms with Crippen molar-refractivity contribution in [1.29, 1.82) is 0 Å². The highest BCUT2D eigenvalue weighted by Crippen LogP contribution is 2.33. The molecule has 1 atom stereocenters. The van der Waals surface area contributed by atoms with Crippen molar-refractivity contribution in [2.45, 2.75) is 44.3 Å². The summed E-state index contributed by atoms with van der Waals surface area (Å²) in [5.41, 5.74) is 1.50. The van der Waals surface area contributed by atoms with Crippen molar-refractivity contribution in [3.63, 3.8) is 0 Å². The molecule has 0 fully saturated rings. The summed E-state index contributed by atoms with van der Waals surface area (Å²) in [6.07, 6.45) is 11.4. The van der Waals surface area contributed by atoms with Crippen LogP contribution in [0.15, 0.2) is 23.8 Å². The average Bonchev–Trinajstić information content (AvgIpc) is 2.06. The molecule has 0 saturated carbocycles. The van der Waals surface area contributed by atoms with Crippen molar-refractivity contribution in [3.05, 3.63) is 23.8 Å². The van der Waals surface area contributed by atoms with Crippen LogP contribution in [0.5, 0.6) is 0 Å². The fourth-order valence-electron chi connectivity index (χ4n) is 1.70. The van der Waals surface area contributed by atoms with Gasteiger partial charge in [-0.25, -0.2) is 0 Å². The van der Waals surface area contributed by atoms with Gasteiger partial charge in [-0.1, -0.05) is 37.1 Å². The maximum atomic E-state index is 4.71. The predicted octanol–water partition coefficient (Wildman–Crippen LogP) is 3.75. The summed E-state index contributed by atoms with van der Waals surface area (Å²) >= 11 is 4.71. The third-order valence-electron chi connectivity index (χ3n) is 2.44. The smallest absolute Gasteiger partial charge is 0.0312 e. The molecule has 1 rings (SSSR count). The van der Waals surface area contributed by atoms with Crippen LogP contribution in [0.25, 0.3) is 0 Å². The molecule has 0 N–H and O–H groups in total. The van der Waals surface area contributed by atoms with E-state index in [0.29, 0.717) is 0 Å². The van der Waals surface area contributed by atoms with Gasteiger partial charge in [0.25, 0.3) is 0 Å². The van der Waals surface area contributed by atoms with Crippen molar-refractivity contribution < 1.29 is 0 Å². The van der Waals surface area contributed by atoms with Crippen LogP contribution in [0.2, 0.25) is 0 Å². The van der Waals surface area contributed by atoms with E-state index in [4.69, 9.17) is 12.6 Å². The van der Waals surface area contributed by atoms with E-state index < -0.39 is 0 Å². The zero-order valence-corrected chi connectivity index (χ0v) is 8.90. The lowest BCUT2D eigenvalue weighted by Gasteiger charge is -2.27. The second-order valence-electron chi connectivity index (χ2n) is 3.68. The number of allylic oxidation sites excluding steroid dienone is 3. The SMILES string of the molecule is CCCC(C)(S)C1=CC=CCC1. The summed E-state index contributed by atoms with van der Waals surface area (Å²) in [5, 5.41) is 0. The first-order valence-electron chi connectivity index (χ1n) is 4.75. The summed E-state index contributed by atoms with van der Waals surface area (Å²) in [6.45, 7) is 4.44. The van der Waals surface area contributed by atoms with Crippen LogP contribution in [-0.2, 0) is 0 Å². The molecule has 0 spiro atoms. The van der Waals surface area contributed by atoms with E-state index in [1.165, 1.54) is 31.3 Å². The minimum atomic E-state index is 0.125. The molecular weight excluding hydrogens is 164 g/mol. The Balaban J connectivity index is 2.66. The molecule has 0 saturated heterocycles. The molecule has 0 nitrogen and oxygen atoms in total. The summed E-state index contributed by atoms with van der Waals surface area (Å²) in [5.74, 6) is 0. The molecule has 1 aliphatic carbocycles. The summed E-state index contributed by atoms with van der Waals surface area (Å²) < 4.78 is 0.125. The van der Waals surface area contributed by atoms with E-state index in [9.17, 15) is 0 Å². The molecule has 0 amide bonds. The normalized spacial score (nSPS) is 21.8. The maximum Gasteiger partial charge on any atom is 0.0312 e. The Kier molecular flexibility index (Phi) is 3.45. The molecule has 0 aromatic carbocycles. The standard InChI is InChI=1S/C11H18S/c1-3-9-11(2,12)10-7-5-4-6-8-10/h4-5,7,12H,3,6,8-9H2,1-2H3. The molecule has 0 heterocycles. The molecule has 1 heteroatoms. The zero-order chi connectivity index (χ0) is 9.03. The Hall–Kier alpha value is -0.170. The quantitative estimate of drug-likeness (QED) is 0.631. The third-order valence-corrected chi connectivity index (χ3v) is 2.95. The van der Waals surface area contributed by atoms with Gasteiger partial charge in [-0.2, -0.15) is 12.6 Å². The van der Waals surface area contributed by atoms with Gasteiger partial charge in [0.1, 0.15) is 0 Å². The van der Waals surface area contributed by atoms with Crippen LogP contribution in [0, 0.1) is 0 Å². The molecular formula is C11H18S. The molecule has 12 heavy (non-hydrogen) atoms. The fourth-order valence-corrected chi connectivity index (χ4v) is 2.11. The van der Waals surface area contributed by atoms with E-state index in [0.717, 1.165) is 0 Å². The highest BCUT2D eigenvalue weighted by atomic mass is 32.1. The molecule has 0 aliphatic heterocycles. The molecule has 1 unspecified atom stereocenters. The van der Waals surface area contributed by atoms with Gasteiger partial charge in [0, 0.05) is 4.75 Å². The largest absolute Gasteiger partial charge is 0.168 e. The average molecular weight is 182 g/mol. The second-order valence-corrected chi connectivity index (χ2v) is 4.67. The lowest BCUT2D eigenvalue weighted by atomic mass is 9.89. The van der Waals surface area contributed by atoms with Gasteiger partial charge >= 0.3 is 0 Å². The van der Waals surface area contributed by atoms with Crippen LogP contribution in [-0.4, -0.2) is 4.75 Å². The topological polar surface area (TPSA) is 0 Å². The van der Waals surface area contributed by atoms with E-state index in [-0.39, 0.29) is 4.75 Å². The molecule has 0 aromatic heterocycles. The first-order chi connectivity index (χ1) is 5.67. The van der Waals surface area contributed by atoms with E-state index in [1.54, 1.807) is 0 Å². The minimum Gasteiger partial charge on any atom is -0.168 e. The molecule has 0 radical (unpaired) electrons. The number of thiol groups is 1. The van der Waals surface area contributed by atoms with Gasteiger partial charge in [0.15, 0.2) is 0 Å². The molecule has 0 aromatic rings. The van der Waals surface area contributed by atoms with Gasteiger partial charge in [-0.05, 0) is 26.2 Å². The Morgan fingerprint density at radius 3 is 2.83 bits per heavy atom. The van der Waals surface area contributed by atoms with Gasteiger partial charge in [-0.15, -0.1) is 0 Å². The minimum absolute atomic E-state index is 0.125. The monoisotopic (exact) mass is 182 g/mol. The number of rotatable bonds is 3. The van der Waals surface area contributed by atoms with Crippen molar-refractivity contribution in [3.8, 4) is 0 Å². The highest BCUT2D eigenvalue weighted by molar-refractivity contribution is 7.82. The first-order valence-corrected chi connectivity index (χ1v) is 5.20. The van der Waals surface area contributed by atoms with Gasteiger partial charge in [0.05, 0.1) is 0 Å². The maximum absolute atomic E-state index is 4.71. The van der Waals surface area contributed by atoms with Gasteiger partial charge in [-0.3, -0.25) is 0 Å². The zero-order valence-electron chi connectivity index (χ0n) is 8.01. The predicted molar refractivity (Wildman–Crippen MR) is 58.8 cm³/mol. The number of hydrogen-bond donors (Lipinski definition) is 1. The van der Waals surface area contributed by atoms with Gasteiger partial charge in [0.2, 0.25) is 0 Å². The van der Waals surface area contributed by atoms with Crippen molar-refractivity contribution in [2.75, 3.05) is 0 Å². The molecule has 68 valence electrons. The first kappa shape index (κ1) is 9.91. The van der Waals surface area contributed by atoms with E-state index >= 15 is 0 Å². The van der Waals surface area contributed by atoms with Crippen LogP contribution < -0.4 is 0 Å². The Labute approximate surface area is 81.2 Å². The summed E-state index contributed by atoms with van der Waals surface area (Å²) in [4.78, 5) is 0. The van der Waals surface area contributed by atoms with Crippen LogP contribution in [0.1, 0.15) is 39.5 Å². The molecule has 0 bridgehead atoms. The summed E-state index contributed by atoms with van der Waals surface area (Å²) in [6, 6.07) is 0. The van der Waals surface area contributed by atoms with Gasteiger partial charge < -0.3 is 0 Å². The van der Waals surface area contributed by atoms with Crippen molar-refractivity contribution in [1.82, 2.24) is 0 Å².